The summed E-state index contributed by atoms with van der Waals surface area (Å²) in [5.41, 5.74) is 2.55. The lowest BCUT2D eigenvalue weighted by atomic mass is 10.1. The summed E-state index contributed by atoms with van der Waals surface area (Å²) in [4.78, 5) is 11.4. The summed E-state index contributed by atoms with van der Waals surface area (Å²) in [5, 5.41) is 2.69. The molecule has 0 aliphatic carbocycles. The topological polar surface area (TPSA) is 17.1 Å². The molecule has 0 N–H and O–H groups in total. The van der Waals surface area contributed by atoms with Crippen molar-refractivity contribution in [2.75, 3.05) is 0 Å². The largest absolute Gasteiger partial charge is 0.289 e. The molecule has 13 heavy (non-hydrogen) atoms. The summed E-state index contributed by atoms with van der Waals surface area (Å²) in [7, 11) is 0. The van der Waals surface area contributed by atoms with E-state index < -0.39 is 0 Å². The van der Waals surface area contributed by atoms with Crippen LogP contribution in [0, 0.1) is 13.8 Å². The number of hydrogen-bond acceptors (Lipinski definition) is 2. The van der Waals surface area contributed by atoms with Crippen molar-refractivity contribution in [3.05, 3.63) is 44.9 Å². The number of aryl methyl sites for hydroxylation is 2. The first-order valence-corrected chi connectivity index (χ1v) is 5.05. The summed E-state index contributed by atoms with van der Waals surface area (Å²) in [6, 6.07) is 5.68. The van der Waals surface area contributed by atoms with Crippen LogP contribution in [0.15, 0.2) is 28.4 Å². The Hall–Kier alpha value is -1.15. The molecule has 0 saturated heterocycles. The zero-order valence-corrected chi connectivity index (χ0v) is 8.44. The van der Waals surface area contributed by atoms with Gasteiger partial charge in [0.15, 0.2) is 5.43 Å². The van der Waals surface area contributed by atoms with Crippen molar-refractivity contribution in [3.63, 3.8) is 0 Å². The van der Waals surface area contributed by atoms with Crippen LogP contribution in [-0.2, 0) is 0 Å². The van der Waals surface area contributed by atoms with Crippen LogP contribution in [0.4, 0.5) is 0 Å². The fourth-order valence-electron chi connectivity index (χ4n) is 1.34. The maximum atomic E-state index is 11.4. The molecule has 66 valence electrons. The highest BCUT2D eigenvalue weighted by atomic mass is 32.1. The minimum absolute atomic E-state index is 0.122. The molecule has 0 unspecified atom stereocenters. The molecule has 2 rings (SSSR count). The first-order valence-electron chi connectivity index (χ1n) is 4.17. The Morgan fingerprint density at radius 2 is 1.85 bits per heavy atom. The van der Waals surface area contributed by atoms with E-state index in [1.54, 1.807) is 17.4 Å². The van der Waals surface area contributed by atoms with Crippen LogP contribution in [0.25, 0.3) is 10.1 Å². The highest BCUT2D eigenvalue weighted by molar-refractivity contribution is 7.16. The summed E-state index contributed by atoms with van der Waals surface area (Å²) < 4.78 is 1.08. The Morgan fingerprint density at radius 1 is 1.15 bits per heavy atom. The first kappa shape index (κ1) is 8.45. The van der Waals surface area contributed by atoms with Crippen LogP contribution in [0.2, 0.25) is 0 Å². The summed E-state index contributed by atoms with van der Waals surface area (Å²) >= 11 is 1.61. The average molecular weight is 190 g/mol. The predicted octanol–water partition coefficient (Wildman–Crippen LogP) is 2.88. The molecule has 0 atom stereocenters. The fraction of sp³-hybridized carbons (Fsp3) is 0.182. The van der Waals surface area contributed by atoms with Gasteiger partial charge in [-0.2, -0.15) is 0 Å². The van der Waals surface area contributed by atoms with Crippen molar-refractivity contribution in [1.29, 1.82) is 0 Å². The van der Waals surface area contributed by atoms with Gasteiger partial charge in [-0.05, 0) is 48.6 Å². The quantitative estimate of drug-likeness (QED) is 0.624. The van der Waals surface area contributed by atoms with Crippen molar-refractivity contribution in [1.82, 2.24) is 0 Å². The summed E-state index contributed by atoms with van der Waals surface area (Å²) in [5.74, 6) is 0. The van der Waals surface area contributed by atoms with E-state index in [0.717, 1.165) is 10.1 Å². The van der Waals surface area contributed by atoms with Crippen LogP contribution in [-0.4, -0.2) is 0 Å². The van der Waals surface area contributed by atoms with Crippen LogP contribution in [0.3, 0.4) is 0 Å². The van der Waals surface area contributed by atoms with Crippen molar-refractivity contribution < 1.29 is 0 Å². The van der Waals surface area contributed by atoms with E-state index >= 15 is 0 Å². The lowest BCUT2D eigenvalue weighted by Crippen LogP contribution is -1.97. The van der Waals surface area contributed by atoms with Gasteiger partial charge in [-0.15, -0.1) is 11.3 Å². The highest BCUT2D eigenvalue weighted by Gasteiger charge is 2.00. The Balaban J connectivity index is 2.97. The number of rotatable bonds is 0. The SMILES string of the molecule is Cc1cc2sccc(=O)c2cc1C. The van der Waals surface area contributed by atoms with Gasteiger partial charge in [0.1, 0.15) is 0 Å². The molecule has 0 fully saturated rings. The normalized spacial score (nSPS) is 10.6. The fourth-order valence-corrected chi connectivity index (χ4v) is 2.21. The average Bonchev–Trinajstić information content (AvgIpc) is 2.09. The van der Waals surface area contributed by atoms with E-state index in [0.29, 0.717) is 0 Å². The smallest absolute Gasteiger partial charge is 0.188 e. The van der Waals surface area contributed by atoms with Crippen molar-refractivity contribution >= 4 is 21.4 Å². The maximum Gasteiger partial charge on any atom is 0.188 e. The van der Waals surface area contributed by atoms with E-state index in [1.165, 1.54) is 11.1 Å². The molecule has 1 aromatic carbocycles. The first-order chi connectivity index (χ1) is 6.18. The second kappa shape index (κ2) is 2.96. The van der Waals surface area contributed by atoms with E-state index in [9.17, 15) is 4.79 Å². The van der Waals surface area contributed by atoms with E-state index in [4.69, 9.17) is 0 Å². The lowest BCUT2D eigenvalue weighted by Gasteiger charge is -2.01. The van der Waals surface area contributed by atoms with Gasteiger partial charge in [-0.25, -0.2) is 0 Å². The van der Waals surface area contributed by atoms with Crippen LogP contribution in [0.5, 0.6) is 0 Å². The molecule has 1 nitrogen and oxygen atoms in total. The number of hydrogen-bond donors (Lipinski definition) is 0. The second-order valence-electron chi connectivity index (χ2n) is 3.22. The number of fused-ring (bicyclic) bond motifs is 1. The standard InChI is InChI=1S/C11H10OS/c1-7-5-9-10(12)3-4-13-11(9)6-8(7)2/h3-6H,1-2H3. The van der Waals surface area contributed by atoms with Crippen molar-refractivity contribution in [2.45, 2.75) is 13.8 Å². The Labute approximate surface area is 80.7 Å². The molecule has 1 heterocycles. The zero-order valence-electron chi connectivity index (χ0n) is 7.63. The van der Waals surface area contributed by atoms with Gasteiger partial charge < -0.3 is 0 Å². The molecule has 2 heteroatoms. The molecule has 0 aliphatic heterocycles. The van der Waals surface area contributed by atoms with Crippen LogP contribution in [0.1, 0.15) is 11.1 Å². The molecular formula is C11H10OS. The van der Waals surface area contributed by atoms with Gasteiger partial charge in [0.25, 0.3) is 0 Å². The van der Waals surface area contributed by atoms with Gasteiger partial charge in [0.2, 0.25) is 0 Å². The van der Waals surface area contributed by atoms with Crippen molar-refractivity contribution in [2.24, 2.45) is 0 Å². The molecule has 0 spiro atoms. The van der Waals surface area contributed by atoms with Gasteiger partial charge in [0.05, 0.1) is 0 Å². The summed E-state index contributed by atoms with van der Waals surface area (Å²) in [6.45, 7) is 4.10. The minimum atomic E-state index is 0.122. The van der Waals surface area contributed by atoms with E-state index in [-0.39, 0.29) is 5.43 Å². The molecule has 1 aromatic heterocycles. The van der Waals surface area contributed by atoms with E-state index in [2.05, 4.69) is 13.0 Å². The monoisotopic (exact) mass is 190 g/mol. The maximum absolute atomic E-state index is 11.4. The molecule has 0 saturated carbocycles. The molecular weight excluding hydrogens is 180 g/mol. The Kier molecular flexibility index (Phi) is 1.93. The third kappa shape index (κ3) is 1.38. The highest BCUT2D eigenvalue weighted by Crippen LogP contribution is 2.19. The van der Waals surface area contributed by atoms with E-state index in [1.807, 2.05) is 18.4 Å². The Bertz CT molecular complexity index is 511. The lowest BCUT2D eigenvalue weighted by molar-refractivity contribution is 1.37. The number of benzene rings is 1. The molecule has 2 aromatic rings. The van der Waals surface area contributed by atoms with Gasteiger partial charge in [-0.3, -0.25) is 4.79 Å². The summed E-state index contributed by atoms with van der Waals surface area (Å²) in [6.07, 6.45) is 0. The molecule has 0 amide bonds. The Morgan fingerprint density at radius 3 is 2.62 bits per heavy atom. The van der Waals surface area contributed by atoms with Gasteiger partial charge in [-0.1, -0.05) is 0 Å². The molecule has 0 bridgehead atoms. The van der Waals surface area contributed by atoms with Gasteiger partial charge >= 0.3 is 0 Å². The minimum Gasteiger partial charge on any atom is -0.289 e. The van der Waals surface area contributed by atoms with Crippen LogP contribution >= 0.6 is 11.3 Å². The van der Waals surface area contributed by atoms with Crippen LogP contribution < -0.4 is 5.43 Å². The second-order valence-corrected chi connectivity index (χ2v) is 4.17. The van der Waals surface area contributed by atoms with Crippen molar-refractivity contribution in [3.8, 4) is 0 Å². The third-order valence-electron chi connectivity index (χ3n) is 2.28. The zero-order chi connectivity index (χ0) is 9.42. The van der Waals surface area contributed by atoms with Gasteiger partial charge in [0, 0.05) is 10.1 Å². The third-order valence-corrected chi connectivity index (χ3v) is 3.14. The molecule has 0 aliphatic rings. The predicted molar refractivity (Wildman–Crippen MR) is 57.6 cm³/mol. The molecule has 0 radical (unpaired) electrons.